The summed E-state index contributed by atoms with van der Waals surface area (Å²) in [6.07, 6.45) is 0. The number of carbonyl (C=O) groups is 1. The maximum absolute atomic E-state index is 12.7. The minimum atomic E-state index is -0.203. The van der Waals surface area contributed by atoms with Gasteiger partial charge in [-0.3, -0.25) is 9.69 Å². The van der Waals surface area contributed by atoms with E-state index in [-0.39, 0.29) is 11.9 Å². The van der Waals surface area contributed by atoms with Gasteiger partial charge in [0, 0.05) is 22.5 Å². The molecule has 3 aromatic rings. The minimum Gasteiger partial charge on any atom is -0.324 e. The molecule has 124 valence electrons. The Bertz CT molecular complexity index is 850. The predicted octanol–water partition coefficient (Wildman–Crippen LogP) is 4.67. The molecule has 4 heteroatoms. The zero-order valence-corrected chi connectivity index (χ0v) is 15.1. The summed E-state index contributed by atoms with van der Waals surface area (Å²) >= 11 is 1.74. The van der Waals surface area contributed by atoms with Crippen molar-refractivity contribution in [1.29, 1.82) is 0 Å². The van der Waals surface area contributed by atoms with Crippen molar-refractivity contribution in [3.05, 3.63) is 64.4 Å². The zero-order chi connectivity index (χ0) is 17.1. The number of nitrogens with one attached hydrogen (secondary N) is 1. The minimum absolute atomic E-state index is 0.0167. The van der Waals surface area contributed by atoms with Crippen molar-refractivity contribution < 1.29 is 4.79 Å². The number of benzene rings is 2. The van der Waals surface area contributed by atoms with Crippen molar-refractivity contribution in [1.82, 2.24) is 4.90 Å². The molecule has 0 saturated carbocycles. The number of hydrogen-bond acceptors (Lipinski definition) is 3. The molecule has 1 aromatic heterocycles. The largest absolute Gasteiger partial charge is 0.324 e. The van der Waals surface area contributed by atoms with Crippen molar-refractivity contribution in [2.45, 2.75) is 26.4 Å². The average molecular weight is 338 g/mol. The molecule has 0 radical (unpaired) electrons. The van der Waals surface area contributed by atoms with Gasteiger partial charge in [-0.05, 0) is 49.4 Å². The van der Waals surface area contributed by atoms with E-state index in [0.717, 1.165) is 23.0 Å². The van der Waals surface area contributed by atoms with Crippen LogP contribution in [0.4, 0.5) is 5.69 Å². The highest BCUT2D eigenvalue weighted by molar-refractivity contribution is 7.10. The maximum Gasteiger partial charge on any atom is 0.241 e. The van der Waals surface area contributed by atoms with Crippen LogP contribution in [-0.4, -0.2) is 23.9 Å². The van der Waals surface area contributed by atoms with E-state index in [0.29, 0.717) is 0 Å². The summed E-state index contributed by atoms with van der Waals surface area (Å²) in [4.78, 5) is 16.1. The molecule has 0 saturated heterocycles. The number of amides is 1. The average Bonchev–Trinajstić information content (AvgIpc) is 2.99. The van der Waals surface area contributed by atoms with Gasteiger partial charge in [0.2, 0.25) is 5.91 Å². The number of thiophene rings is 1. The lowest BCUT2D eigenvalue weighted by Crippen LogP contribution is -2.39. The SMILES string of the molecule is Cc1ccsc1CN(C)[C@H](C)C(=O)Nc1cccc2ccccc12. The molecule has 0 aliphatic heterocycles. The van der Waals surface area contributed by atoms with E-state index in [1.807, 2.05) is 44.3 Å². The highest BCUT2D eigenvalue weighted by atomic mass is 32.1. The summed E-state index contributed by atoms with van der Waals surface area (Å²) in [7, 11) is 1.99. The fraction of sp³-hybridized carbons (Fsp3) is 0.250. The summed E-state index contributed by atoms with van der Waals surface area (Å²) in [6, 6.07) is 16.0. The lowest BCUT2D eigenvalue weighted by Gasteiger charge is -2.24. The van der Waals surface area contributed by atoms with Gasteiger partial charge >= 0.3 is 0 Å². The summed E-state index contributed by atoms with van der Waals surface area (Å²) in [5.41, 5.74) is 2.15. The predicted molar refractivity (Wildman–Crippen MR) is 103 cm³/mol. The molecule has 0 fully saturated rings. The zero-order valence-electron chi connectivity index (χ0n) is 14.2. The van der Waals surface area contributed by atoms with Gasteiger partial charge in [0.05, 0.1) is 6.04 Å². The van der Waals surface area contributed by atoms with Crippen molar-refractivity contribution >= 4 is 33.7 Å². The Morgan fingerprint density at radius 1 is 1.17 bits per heavy atom. The molecule has 2 aromatic carbocycles. The summed E-state index contributed by atoms with van der Waals surface area (Å²) in [6.45, 7) is 4.84. The van der Waals surface area contributed by atoms with Crippen LogP contribution in [0, 0.1) is 6.92 Å². The molecule has 0 aliphatic rings. The molecule has 3 rings (SSSR count). The molecular formula is C20H22N2OS. The third-order valence-electron chi connectivity index (χ3n) is 4.45. The van der Waals surface area contributed by atoms with Crippen LogP contribution in [0.5, 0.6) is 0 Å². The van der Waals surface area contributed by atoms with Crippen molar-refractivity contribution in [3.8, 4) is 0 Å². The quantitative estimate of drug-likeness (QED) is 0.733. The number of hydrogen-bond donors (Lipinski definition) is 1. The molecule has 0 unspecified atom stereocenters. The van der Waals surface area contributed by atoms with E-state index >= 15 is 0 Å². The third-order valence-corrected chi connectivity index (χ3v) is 5.46. The molecule has 1 heterocycles. The van der Waals surface area contributed by atoms with Crippen LogP contribution in [0.15, 0.2) is 53.9 Å². The Kier molecular flexibility index (Phi) is 4.97. The van der Waals surface area contributed by atoms with Gasteiger partial charge in [-0.1, -0.05) is 36.4 Å². The first-order chi connectivity index (χ1) is 11.6. The van der Waals surface area contributed by atoms with E-state index in [9.17, 15) is 4.79 Å². The highest BCUT2D eigenvalue weighted by Crippen LogP contribution is 2.24. The van der Waals surface area contributed by atoms with Gasteiger partial charge in [-0.15, -0.1) is 11.3 Å². The number of rotatable bonds is 5. The Labute approximate surface area is 146 Å². The van der Waals surface area contributed by atoms with E-state index < -0.39 is 0 Å². The lowest BCUT2D eigenvalue weighted by molar-refractivity contribution is -0.120. The normalized spacial score (nSPS) is 12.5. The van der Waals surface area contributed by atoms with Crippen LogP contribution in [0.3, 0.4) is 0 Å². The first kappa shape index (κ1) is 16.7. The Morgan fingerprint density at radius 2 is 1.92 bits per heavy atom. The van der Waals surface area contributed by atoms with Gasteiger partial charge in [0.25, 0.3) is 0 Å². The van der Waals surface area contributed by atoms with E-state index in [4.69, 9.17) is 0 Å². The second kappa shape index (κ2) is 7.16. The maximum atomic E-state index is 12.7. The Hall–Kier alpha value is -2.17. The van der Waals surface area contributed by atoms with Gasteiger partial charge < -0.3 is 5.32 Å². The first-order valence-corrected chi connectivity index (χ1v) is 8.96. The monoisotopic (exact) mass is 338 g/mol. The lowest BCUT2D eigenvalue weighted by atomic mass is 10.1. The number of carbonyl (C=O) groups excluding carboxylic acids is 1. The summed E-state index contributed by atoms with van der Waals surface area (Å²) in [5, 5.41) is 7.38. The van der Waals surface area contributed by atoms with Gasteiger partial charge in [-0.25, -0.2) is 0 Å². The molecule has 24 heavy (non-hydrogen) atoms. The number of anilines is 1. The third kappa shape index (κ3) is 3.50. The fourth-order valence-electron chi connectivity index (χ4n) is 2.70. The molecule has 1 N–H and O–H groups in total. The van der Waals surface area contributed by atoms with Gasteiger partial charge in [0.1, 0.15) is 0 Å². The van der Waals surface area contributed by atoms with Crippen LogP contribution < -0.4 is 5.32 Å². The van der Waals surface area contributed by atoms with E-state index in [1.165, 1.54) is 10.4 Å². The van der Waals surface area contributed by atoms with Crippen molar-refractivity contribution in [2.24, 2.45) is 0 Å². The van der Waals surface area contributed by atoms with Crippen LogP contribution >= 0.6 is 11.3 Å². The second-order valence-electron chi connectivity index (χ2n) is 6.13. The van der Waals surface area contributed by atoms with Crippen LogP contribution in [0.2, 0.25) is 0 Å². The smallest absolute Gasteiger partial charge is 0.241 e. The van der Waals surface area contributed by atoms with Crippen LogP contribution in [0.25, 0.3) is 10.8 Å². The topological polar surface area (TPSA) is 32.3 Å². The molecular weight excluding hydrogens is 316 g/mol. The molecule has 0 aliphatic carbocycles. The number of likely N-dealkylation sites (N-methyl/N-ethyl adjacent to an activating group) is 1. The molecule has 1 amide bonds. The first-order valence-electron chi connectivity index (χ1n) is 8.08. The highest BCUT2D eigenvalue weighted by Gasteiger charge is 2.19. The van der Waals surface area contributed by atoms with Gasteiger partial charge in [-0.2, -0.15) is 0 Å². The number of nitrogens with zero attached hydrogens (tertiary/aromatic N) is 1. The van der Waals surface area contributed by atoms with Crippen molar-refractivity contribution in [3.63, 3.8) is 0 Å². The summed E-state index contributed by atoms with van der Waals surface area (Å²) < 4.78 is 0. The molecule has 3 nitrogen and oxygen atoms in total. The standard InChI is InChI=1S/C20H22N2OS/c1-14-11-12-24-19(14)13-22(3)15(2)20(23)21-18-10-6-8-16-7-4-5-9-17(16)18/h4-12,15H,13H2,1-3H3,(H,21,23)/t15-/m1/s1. The van der Waals surface area contributed by atoms with Crippen molar-refractivity contribution in [2.75, 3.05) is 12.4 Å². The fourth-order valence-corrected chi connectivity index (χ4v) is 3.67. The number of fused-ring (bicyclic) bond motifs is 1. The molecule has 1 atom stereocenters. The Balaban J connectivity index is 1.72. The number of aryl methyl sites for hydroxylation is 1. The van der Waals surface area contributed by atoms with E-state index in [2.05, 4.69) is 40.7 Å². The molecule has 0 spiro atoms. The van der Waals surface area contributed by atoms with Crippen LogP contribution in [0.1, 0.15) is 17.4 Å². The Morgan fingerprint density at radius 3 is 2.67 bits per heavy atom. The van der Waals surface area contributed by atoms with Gasteiger partial charge in [0.15, 0.2) is 0 Å². The summed E-state index contributed by atoms with van der Waals surface area (Å²) in [5.74, 6) is 0.0167. The van der Waals surface area contributed by atoms with E-state index in [1.54, 1.807) is 11.3 Å². The molecule has 0 bridgehead atoms. The second-order valence-corrected chi connectivity index (χ2v) is 7.13. The van der Waals surface area contributed by atoms with Crippen LogP contribution in [-0.2, 0) is 11.3 Å².